The van der Waals surface area contributed by atoms with E-state index in [0.29, 0.717) is 5.82 Å². The average molecular weight is 216 g/mol. The number of hydrogen-bond acceptors (Lipinski definition) is 3. The molecule has 84 valence electrons. The SMILES string of the molecule is CNCc1cc(N)n(-c2cccc(C)c2)n1. The van der Waals surface area contributed by atoms with Crippen molar-refractivity contribution >= 4 is 5.82 Å². The second-order valence-electron chi connectivity index (χ2n) is 3.84. The van der Waals surface area contributed by atoms with E-state index in [-0.39, 0.29) is 0 Å². The Morgan fingerprint density at radius 3 is 2.88 bits per heavy atom. The van der Waals surface area contributed by atoms with Gasteiger partial charge in [-0.25, -0.2) is 4.68 Å². The minimum absolute atomic E-state index is 0.663. The lowest BCUT2D eigenvalue weighted by Crippen LogP contribution is -2.06. The first kappa shape index (κ1) is 10.7. The number of benzene rings is 1. The van der Waals surface area contributed by atoms with Crippen LogP contribution in [-0.4, -0.2) is 16.8 Å². The summed E-state index contributed by atoms with van der Waals surface area (Å²) in [6.45, 7) is 2.78. The fourth-order valence-electron chi connectivity index (χ4n) is 1.68. The van der Waals surface area contributed by atoms with E-state index < -0.39 is 0 Å². The summed E-state index contributed by atoms with van der Waals surface area (Å²) in [5.41, 5.74) is 9.07. The smallest absolute Gasteiger partial charge is 0.127 e. The predicted molar refractivity (Wildman–Crippen MR) is 65.5 cm³/mol. The van der Waals surface area contributed by atoms with E-state index in [1.807, 2.05) is 25.2 Å². The van der Waals surface area contributed by atoms with Gasteiger partial charge >= 0.3 is 0 Å². The zero-order valence-electron chi connectivity index (χ0n) is 9.57. The summed E-state index contributed by atoms with van der Waals surface area (Å²) in [6.07, 6.45) is 0. The molecule has 2 aromatic rings. The average Bonchev–Trinajstić information content (AvgIpc) is 2.60. The molecule has 4 nitrogen and oxygen atoms in total. The van der Waals surface area contributed by atoms with Crippen molar-refractivity contribution < 1.29 is 0 Å². The monoisotopic (exact) mass is 216 g/mol. The lowest BCUT2D eigenvalue weighted by Gasteiger charge is -2.04. The van der Waals surface area contributed by atoms with Crippen LogP contribution < -0.4 is 11.1 Å². The fraction of sp³-hybridized carbons (Fsp3) is 0.250. The van der Waals surface area contributed by atoms with Gasteiger partial charge in [0.1, 0.15) is 5.82 Å². The maximum atomic E-state index is 5.93. The lowest BCUT2D eigenvalue weighted by atomic mass is 10.2. The second-order valence-corrected chi connectivity index (χ2v) is 3.84. The van der Waals surface area contributed by atoms with Crippen LogP contribution in [0.2, 0.25) is 0 Å². The van der Waals surface area contributed by atoms with E-state index in [0.717, 1.165) is 17.9 Å². The molecular formula is C12H16N4. The summed E-state index contributed by atoms with van der Waals surface area (Å²) < 4.78 is 1.76. The molecule has 16 heavy (non-hydrogen) atoms. The normalized spacial score (nSPS) is 10.6. The van der Waals surface area contributed by atoms with Gasteiger partial charge in [0.05, 0.1) is 11.4 Å². The van der Waals surface area contributed by atoms with Gasteiger partial charge in [0.25, 0.3) is 0 Å². The Balaban J connectivity index is 2.40. The summed E-state index contributed by atoms with van der Waals surface area (Å²) in [5, 5.41) is 7.50. The van der Waals surface area contributed by atoms with Crippen molar-refractivity contribution in [3.05, 3.63) is 41.6 Å². The maximum Gasteiger partial charge on any atom is 0.127 e. The molecule has 3 N–H and O–H groups in total. The van der Waals surface area contributed by atoms with Crippen molar-refractivity contribution in [2.45, 2.75) is 13.5 Å². The topological polar surface area (TPSA) is 55.9 Å². The van der Waals surface area contributed by atoms with Crippen molar-refractivity contribution in [2.75, 3.05) is 12.8 Å². The van der Waals surface area contributed by atoms with Crippen LogP contribution >= 0.6 is 0 Å². The lowest BCUT2D eigenvalue weighted by molar-refractivity contribution is 0.758. The summed E-state index contributed by atoms with van der Waals surface area (Å²) in [4.78, 5) is 0. The van der Waals surface area contributed by atoms with Gasteiger partial charge in [0.15, 0.2) is 0 Å². The van der Waals surface area contributed by atoms with Crippen molar-refractivity contribution in [1.82, 2.24) is 15.1 Å². The number of nitrogens with one attached hydrogen (secondary N) is 1. The van der Waals surface area contributed by atoms with Crippen LogP contribution in [0.1, 0.15) is 11.3 Å². The third-order valence-corrected chi connectivity index (χ3v) is 2.39. The highest BCUT2D eigenvalue weighted by Gasteiger charge is 2.05. The molecule has 0 aliphatic rings. The molecule has 0 saturated carbocycles. The maximum absolute atomic E-state index is 5.93. The first-order chi connectivity index (χ1) is 7.70. The highest BCUT2D eigenvalue weighted by Crippen LogP contribution is 2.15. The third-order valence-electron chi connectivity index (χ3n) is 2.39. The van der Waals surface area contributed by atoms with Crippen LogP contribution in [0.15, 0.2) is 30.3 Å². The van der Waals surface area contributed by atoms with E-state index in [2.05, 4.69) is 29.5 Å². The Morgan fingerprint density at radius 2 is 2.19 bits per heavy atom. The molecular weight excluding hydrogens is 200 g/mol. The predicted octanol–water partition coefficient (Wildman–Crippen LogP) is 1.48. The molecule has 0 aliphatic carbocycles. The first-order valence-corrected chi connectivity index (χ1v) is 5.27. The van der Waals surface area contributed by atoms with Gasteiger partial charge in [-0.05, 0) is 31.7 Å². The highest BCUT2D eigenvalue weighted by molar-refractivity contribution is 5.44. The molecule has 0 fully saturated rings. The quantitative estimate of drug-likeness (QED) is 0.817. The van der Waals surface area contributed by atoms with Gasteiger partial charge in [0, 0.05) is 12.6 Å². The van der Waals surface area contributed by atoms with E-state index >= 15 is 0 Å². The molecule has 0 radical (unpaired) electrons. The first-order valence-electron chi connectivity index (χ1n) is 5.27. The van der Waals surface area contributed by atoms with E-state index in [1.165, 1.54) is 5.56 Å². The van der Waals surface area contributed by atoms with Crippen molar-refractivity contribution in [1.29, 1.82) is 0 Å². The summed E-state index contributed by atoms with van der Waals surface area (Å²) in [5.74, 6) is 0.663. The fourth-order valence-corrected chi connectivity index (χ4v) is 1.68. The Morgan fingerprint density at radius 1 is 1.38 bits per heavy atom. The van der Waals surface area contributed by atoms with Crippen molar-refractivity contribution in [3.8, 4) is 5.69 Å². The van der Waals surface area contributed by atoms with Crippen LogP contribution in [0.4, 0.5) is 5.82 Å². The number of aromatic nitrogens is 2. The Hall–Kier alpha value is -1.81. The van der Waals surface area contributed by atoms with E-state index in [9.17, 15) is 0 Å². The number of nitrogen functional groups attached to an aromatic ring is 1. The molecule has 1 heterocycles. The molecule has 2 rings (SSSR count). The van der Waals surface area contributed by atoms with Crippen LogP contribution in [-0.2, 0) is 6.54 Å². The number of nitrogens with zero attached hydrogens (tertiary/aromatic N) is 2. The Kier molecular flexibility index (Phi) is 2.92. The molecule has 4 heteroatoms. The number of aryl methyl sites for hydroxylation is 1. The van der Waals surface area contributed by atoms with Crippen LogP contribution in [0.3, 0.4) is 0 Å². The molecule has 0 amide bonds. The van der Waals surface area contributed by atoms with E-state index in [4.69, 9.17) is 5.73 Å². The third kappa shape index (κ3) is 2.06. The largest absolute Gasteiger partial charge is 0.384 e. The Labute approximate surface area is 95.1 Å². The van der Waals surface area contributed by atoms with Crippen molar-refractivity contribution in [2.24, 2.45) is 0 Å². The van der Waals surface area contributed by atoms with Gasteiger partial charge in [0.2, 0.25) is 0 Å². The Bertz CT molecular complexity index is 488. The van der Waals surface area contributed by atoms with Gasteiger partial charge in [-0.2, -0.15) is 5.10 Å². The number of rotatable bonds is 3. The van der Waals surface area contributed by atoms with E-state index in [1.54, 1.807) is 4.68 Å². The van der Waals surface area contributed by atoms with Gasteiger partial charge in [-0.1, -0.05) is 12.1 Å². The number of nitrogens with two attached hydrogens (primary N) is 1. The summed E-state index contributed by atoms with van der Waals surface area (Å²) in [6, 6.07) is 10.0. The molecule has 1 aromatic heterocycles. The van der Waals surface area contributed by atoms with Crippen molar-refractivity contribution in [3.63, 3.8) is 0 Å². The standard InChI is InChI=1S/C12H16N4/c1-9-4-3-5-11(6-9)16-12(13)7-10(15-16)8-14-2/h3-7,14H,8,13H2,1-2H3. The molecule has 1 aromatic carbocycles. The molecule has 0 atom stereocenters. The van der Waals surface area contributed by atoms with Gasteiger partial charge in [-0.15, -0.1) is 0 Å². The zero-order valence-corrected chi connectivity index (χ0v) is 9.57. The minimum Gasteiger partial charge on any atom is -0.384 e. The summed E-state index contributed by atoms with van der Waals surface area (Å²) >= 11 is 0. The van der Waals surface area contributed by atoms with Crippen LogP contribution in [0.25, 0.3) is 5.69 Å². The molecule has 0 bridgehead atoms. The highest BCUT2D eigenvalue weighted by atomic mass is 15.3. The number of anilines is 1. The minimum atomic E-state index is 0.663. The zero-order chi connectivity index (χ0) is 11.5. The molecule has 0 aliphatic heterocycles. The second kappa shape index (κ2) is 4.37. The van der Waals surface area contributed by atoms with Crippen LogP contribution in [0, 0.1) is 6.92 Å². The molecule has 0 unspecified atom stereocenters. The summed E-state index contributed by atoms with van der Waals surface area (Å²) in [7, 11) is 1.89. The van der Waals surface area contributed by atoms with Crippen LogP contribution in [0.5, 0.6) is 0 Å². The van der Waals surface area contributed by atoms with Gasteiger partial charge < -0.3 is 11.1 Å². The van der Waals surface area contributed by atoms with Gasteiger partial charge in [-0.3, -0.25) is 0 Å². The number of hydrogen-bond donors (Lipinski definition) is 2. The molecule has 0 saturated heterocycles. The molecule has 0 spiro atoms.